The second kappa shape index (κ2) is 14.5. The van der Waals surface area contributed by atoms with Gasteiger partial charge in [0.25, 0.3) is 0 Å². The number of hydrogen-bond acceptors (Lipinski definition) is 9. The van der Waals surface area contributed by atoms with Crippen LogP contribution in [0.4, 0.5) is 11.4 Å². The molecule has 9 heteroatoms. The Kier molecular flexibility index (Phi) is 11.3. The van der Waals surface area contributed by atoms with Crippen molar-refractivity contribution in [2.75, 3.05) is 115 Å². The number of benzene rings is 1. The third-order valence-electron chi connectivity index (χ3n) is 5.41. The van der Waals surface area contributed by atoms with Crippen LogP contribution in [0, 0.1) is 6.92 Å². The molecule has 0 atom stereocenters. The highest BCUT2D eigenvalue weighted by atomic mass is 16.5. The fourth-order valence-corrected chi connectivity index (χ4v) is 3.71. The van der Waals surface area contributed by atoms with Gasteiger partial charge in [-0.05, 0) is 24.6 Å². The summed E-state index contributed by atoms with van der Waals surface area (Å²) in [7, 11) is 0. The molecule has 0 unspecified atom stereocenters. The van der Waals surface area contributed by atoms with Gasteiger partial charge in [-0.3, -0.25) is 0 Å². The van der Waals surface area contributed by atoms with Gasteiger partial charge in [-0.25, -0.2) is 0 Å². The molecule has 1 N–H and O–H groups in total. The molecule has 2 heterocycles. The Morgan fingerprint density at radius 3 is 1.12 bits per heavy atom. The van der Waals surface area contributed by atoms with E-state index in [4.69, 9.17) is 28.4 Å². The van der Waals surface area contributed by atoms with E-state index in [2.05, 4.69) is 9.80 Å². The van der Waals surface area contributed by atoms with E-state index in [1.807, 2.05) is 19.1 Å². The first-order chi connectivity index (χ1) is 15.8. The molecule has 32 heavy (non-hydrogen) atoms. The van der Waals surface area contributed by atoms with E-state index in [0.717, 1.165) is 16.9 Å². The van der Waals surface area contributed by atoms with Gasteiger partial charge >= 0.3 is 0 Å². The molecule has 0 saturated carbocycles. The van der Waals surface area contributed by atoms with Crippen LogP contribution in [0.5, 0.6) is 5.75 Å². The van der Waals surface area contributed by atoms with Crippen LogP contribution in [0.25, 0.3) is 0 Å². The van der Waals surface area contributed by atoms with Crippen LogP contribution in [0.15, 0.2) is 12.1 Å². The summed E-state index contributed by atoms with van der Waals surface area (Å²) < 4.78 is 33.7. The predicted octanol–water partition coefficient (Wildman–Crippen LogP) is 1.44. The maximum Gasteiger partial charge on any atom is 0.162 e. The van der Waals surface area contributed by atoms with Gasteiger partial charge in [0.1, 0.15) is 0 Å². The van der Waals surface area contributed by atoms with Gasteiger partial charge in [0.2, 0.25) is 0 Å². The Bertz CT molecular complexity index is 586. The van der Waals surface area contributed by atoms with Crippen LogP contribution < -0.4 is 9.80 Å². The molecular formula is C23H38N2O7. The minimum Gasteiger partial charge on any atom is -0.504 e. The van der Waals surface area contributed by atoms with Crippen LogP contribution in [0.2, 0.25) is 0 Å². The third-order valence-corrected chi connectivity index (χ3v) is 5.41. The number of aryl methyl sites for hydroxylation is 1. The second-order valence-corrected chi connectivity index (χ2v) is 7.80. The minimum absolute atomic E-state index is 0.265. The second-order valence-electron chi connectivity index (χ2n) is 7.80. The molecule has 0 aromatic heterocycles. The average Bonchev–Trinajstić information content (AvgIpc) is 2.76. The quantitative estimate of drug-likeness (QED) is 0.714. The Hall–Kier alpha value is -1.62. The number of rotatable bonds is 2. The Balaban J connectivity index is 1.76. The normalized spacial score (nSPS) is 21.7. The zero-order valence-corrected chi connectivity index (χ0v) is 19.3. The number of phenolic OH excluding ortho intramolecular Hbond substituents is 1. The van der Waals surface area contributed by atoms with E-state index in [1.54, 1.807) is 0 Å². The zero-order valence-electron chi connectivity index (χ0n) is 19.3. The molecule has 0 aliphatic carbocycles. The highest BCUT2D eigenvalue weighted by molar-refractivity contribution is 5.74. The lowest BCUT2D eigenvalue weighted by molar-refractivity contribution is 0.0125. The van der Waals surface area contributed by atoms with E-state index in [-0.39, 0.29) is 5.75 Å². The van der Waals surface area contributed by atoms with Crippen molar-refractivity contribution in [2.24, 2.45) is 0 Å². The topological polar surface area (TPSA) is 82.1 Å². The molecule has 9 nitrogen and oxygen atoms in total. The SMILES string of the molecule is Cc1cc(N2CCOCCOCCOCC2)c(O)c(N2CCOCCOCCOCC2)c1. The first-order valence-electron chi connectivity index (χ1n) is 11.6. The number of nitrogens with zero attached hydrogens (tertiary/aromatic N) is 2. The van der Waals surface area contributed by atoms with E-state index in [9.17, 15) is 5.11 Å². The predicted molar refractivity (Wildman–Crippen MR) is 122 cm³/mol. The summed E-state index contributed by atoms with van der Waals surface area (Å²) in [6.07, 6.45) is 0. The molecule has 0 amide bonds. The third kappa shape index (κ3) is 8.38. The smallest absolute Gasteiger partial charge is 0.162 e. The highest BCUT2D eigenvalue weighted by Gasteiger charge is 2.20. The van der Waals surface area contributed by atoms with Crippen LogP contribution in [0.1, 0.15) is 5.56 Å². The van der Waals surface area contributed by atoms with Gasteiger partial charge < -0.3 is 43.3 Å². The molecule has 2 saturated heterocycles. The summed E-state index contributed by atoms with van der Waals surface area (Å²) in [6, 6.07) is 4.04. The van der Waals surface area contributed by atoms with E-state index >= 15 is 0 Å². The molecule has 1 aromatic carbocycles. The van der Waals surface area contributed by atoms with E-state index < -0.39 is 0 Å². The summed E-state index contributed by atoms with van der Waals surface area (Å²) in [4.78, 5) is 4.27. The lowest BCUT2D eigenvalue weighted by atomic mass is 10.1. The summed E-state index contributed by atoms with van der Waals surface area (Å²) in [6.45, 7) is 11.4. The maximum atomic E-state index is 11.3. The standard InChI is InChI=1S/C23H38N2O7/c1-20-18-21(24-2-6-27-10-14-31-15-11-28-7-3-24)23(26)22(19-20)25-4-8-29-12-16-32-17-13-30-9-5-25/h18-19,26H,2-17H2,1H3. The number of phenols is 1. The van der Waals surface area contributed by atoms with Crippen LogP contribution >= 0.6 is 0 Å². The van der Waals surface area contributed by atoms with Crippen molar-refractivity contribution in [3.05, 3.63) is 17.7 Å². The summed E-state index contributed by atoms with van der Waals surface area (Å²) >= 11 is 0. The van der Waals surface area contributed by atoms with Crippen LogP contribution in [0.3, 0.4) is 0 Å². The number of ether oxygens (including phenoxy) is 6. The Labute approximate surface area is 191 Å². The fraction of sp³-hybridized carbons (Fsp3) is 0.739. The van der Waals surface area contributed by atoms with Gasteiger partial charge in [-0.15, -0.1) is 0 Å². The molecule has 2 aliphatic rings. The Morgan fingerprint density at radius 1 is 0.531 bits per heavy atom. The molecule has 2 fully saturated rings. The van der Waals surface area contributed by atoms with Gasteiger partial charge in [-0.2, -0.15) is 0 Å². The first-order valence-corrected chi connectivity index (χ1v) is 11.6. The number of hydrogen-bond donors (Lipinski definition) is 1. The van der Waals surface area contributed by atoms with Crippen molar-refractivity contribution in [3.8, 4) is 5.75 Å². The molecule has 3 rings (SSSR count). The van der Waals surface area contributed by atoms with Crippen molar-refractivity contribution < 1.29 is 33.5 Å². The number of anilines is 2. The van der Waals surface area contributed by atoms with Crippen molar-refractivity contribution in [1.29, 1.82) is 0 Å². The van der Waals surface area contributed by atoms with Crippen LogP contribution in [-0.4, -0.2) is 111 Å². The monoisotopic (exact) mass is 454 g/mol. The lowest BCUT2D eigenvalue weighted by Gasteiger charge is -2.31. The van der Waals surface area contributed by atoms with E-state index in [1.165, 1.54) is 0 Å². The molecule has 0 bridgehead atoms. The first kappa shape index (κ1) is 25.0. The molecule has 0 radical (unpaired) electrons. The highest BCUT2D eigenvalue weighted by Crippen LogP contribution is 2.38. The van der Waals surface area contributed by atoms with E-state index in [0.29, 0.717) is 105 Å². The van der Waals surface area contributed by atoms with Gasteiger partial charge in [-0.1, -0.05) is 0 Å². The molecular weight excluding hydrogens is 416 g/mol. The molecule has 182 valence electrons. The van der Waals surface area contributed by atoms with Gasteiger partial charge in [0, 0.05) is 26.2 Å². The van der Waals surface area contributed by atoms with Gasteiger partial charge in [0.15, 0.2) is 5.75 Å². The van der Waals surface area contributed by atoms with Gasteiger partial charge in [0.05, 0.1) is 90.7 Å². The maximum absolute atomic E-state index is 11.3. The lowest BCUT2D eigenvalue weighted by Crippen LogP contribution is -2.34. The average molecular weight is 455 g/mol. The molecule has 2 aliphatic heterocycles. The summed E-state index contributed by atoms with van der Waals surface area (Å²) in [5.41, 5.74) is 2.67. The zero-order chi connectivity index (χ0) is 22.4. The summed E-state index contributed by atoms with van der Waals surface area (Å²) in [5.74, 6) is 0.265. The number of aromatic hydroxyl groups is 1. The molecule has 1 aromatic rings. The summed E-state index contributed by atoms with van der Waals surface area (Å²) in [5, 5.41) is 11.3. The van der Waals surface area contributed by atoms with Crippen molar-refractivity contribution in [2.45, 2.75) is 6.92 Å². The van der Waals surface area contributed by atoms with Crippen molar-refractivity contribution in [3.63, 3.8) is 0 Å². The minimum atomic E-state index is 0.265. The van der Waals surface area contributed by atoms with Crippen LogP contribution in [-0.2, 0) is 28.4 Å². The largest absolute Gasteiger partial charge is 0.504 e. The van der Waals surface area contributed by atoms with Crippen molar-refractivity contribution >= 4 is 11.4 Å². The van der Waals surface area contributed by atoms with Crippen molar-refractivity contribution in [1.82, 2.24) is 0 Å². The fourth-order valence-electron chi connectivity index (χ4n) is 3.71. The molecule has 0 spiro atoms. The Morgan fingerprint density at radius 2 is 0.812 bits per heavy atom.